The Morgan fingerprint density at radius 3 is 2.27 bits per heavy atom. The highest BCUT2D eigenvalue weighted by atomic mass is 16.5. The Labute approximate surface area is 94.5 Å². The molecule has 0 heterocycles. The van der Waals surface area contributed by atoms with E-state index in [1.165, 1.54) is 6.42 Å². The second-order valence-corrected chi connectivity index (χ2v) is 4.41. The molecule has 0 spiro atoms. The number of ether oxygens (including phenoxy) is 2. The SMILES string of the molecule is CNC(C)CCCOCCOCC(C)C. The van der Waals surface area contributed by atoms with Crippen LogP contribution in [0.2, 0.25) is 0 Å². The summed E-state index contributed by atoms with van der Waals surface area (Å²) in [4.78, 5) is 0. The van der Waals surface area contributed by atoms with Gasteiger partial charge in [0.05, 0.1) is 13.2 Å². The molecule has 1 atom stereocenters. The molecule has 92 valence electrons. The van der Waals surface area contributed by atoms with Gasteiger partial charge < -0.3 is 14.8 Å². The highest BCUT2D eigenvalue weighted by molar-refractivity contribution is 4.55. The van der Waals surface area contributed by atoms with E-state index in [1.54, 1.807) is 0 Å². The fraction of sp³-hybridized carbons (Fsp3) is 1.00. The summed E-state index contributed by atoms with van der Waals surface area (Å²) in [6.45, 7) is 9.61. The molecule has 0 saturated heterocycles. The van der Waals surface area contributed by atoms with E-state index in [2.05, 4.69) is 26.1 Å². The second kappa shape index (κ2) is 10.4. The van der Waals surface area contributed by atoms with E-state index >= 15 is 0 Å². The van der Waals surface area contributed by atoms with Crippen molar-refractivity contribution in [3.8, 4) is 0 Å². The third-order valence-corrected chi connectivity index (χ3v) is 2.24. The van der Waals surface area contributed by atoms with Gasteiger partial charge in [0, 0.05) is 19.3 Å². The van der Waals surface area contributed by atoms with Gasteiger partial charge in [-0.1, -0.05) is 13.8 Å². The van der Waals surface area contributed by atoms with Crippen molar-refractivity contribution in [2.75, 3.05) is 33.5 Å². The average Bonchev–Trinajstić information content (AvgIpc) is 2.21. The monoisotopic (exact) mass is 217 g/mol. The molecule has 3 heteroatoms. The summed E-state index contributed by atoms with van der Waals surface area (Å²) in [6.07, 6.45) is 2.29. The molecule has 0 aliphatic rings. The van der Waals surface area contributed by atoms with Gasteiger partial charge in [0.2, 0.25) is 0 Å². The van der Waals surface area contributed by atoms with Crippen LogP contribution in [-0.4, -0.2) is 39.5 Å². The molecule has 0 aromatic heterocycles. The molecule has 0 rings (SSSR count). The first-order valence-corrected chi connectivity index (χ1v) is 5.99. The van der Waals surface area contributed by atoms with Crippen molar-refractivity contribution < 1.29 is 9.47 Å². The van der Waals surface area contributed by atoms with Crippen molar-refractivity contribution in [1.29, 1.82) is 0 Å². The summed E-state index contributed by atoms with van der Waals surface area (Å²) in [5, 5.41) is 3.21. The Morgan fingerprint density at radius 2 is 1.67 bits per heavy atom. The van der Waals surface area contributed by atoms with Crippen molar-refractivity contribution in [2.45, 2.75) is 39.7 Å². The molecule has 0 radical (unpaired) electrons. The molecule has 0 fully saturated rings. The van der Waals surface area contributed by atoms with Crippen LogP contribution >= 0.6 is 0 Å². The molecule has 0 aromatic rings. The van der Waals surface area contributed by atoms with Crippen LogP contribution in [0.4, 0.5) is 0 Å². The summed E-state index contributed by atoms with van der Waals surface area (Å²) in [6, 6.07) is 0.589. The highest BCUT2D eigenvalue weighted by Crippen LogP contribution is 1.96. The van der Waals surface area contributed by atoms with Crippen LogP contribution in [0.5, 0.6) is 0 Å². The molecule has 3 nitrogen and oxygen atoms in total. The zero-order chi connectivity index (χ0) is 11.5. The third kappa shape index (κ3) is 11.8. The van der Waals surface area contributed by atoms with E-state index in [1.807, 2.05) is 7.05 Å². The van der Waals surface area contributed by atoms with Crippen LogP contribution in [0.3, 0.4) is 0 Å². The third-order valence-electron chi connectivity index (χ3n) is 2.24. The lowest BCUT2D eigenvalue weighted by molar-refractivity contribution is 0.0363. The summed E-state index contributed by atoms with van der Waals surface area (Å²) in [5.74, 6) is 0.612. The standard InChI is InChI=1S/C12H27NO2/c1-11(2)10-15-9-8-14-7-5-6-12(3)13-4/h11-13H,5-10H2,1-4H3. The number of hydrogen-bond donors (Lipinski definition) is 1. The lowest BCUT2D eigenvalue weighted by Crippen LogP contribution is -2.21. The molecular formula is C12H27NO2. The fourth-order valence-corrected chi connectivity index (χ4v) is 1.17. The van der Waals surface area contributed by atoms with E-state index in [-0.39, 0.29) is 0 Å². The van der Waals surface area contributed by atoms with Gasteiger partial charge in [0.15, 0.2) is 0 Å². The Hall–Kier alpha value is -0.120. The normalized spacial score (nSPS) is 13.4. The molecule has 1 unspecified atom stereocenters. The Balaban J connectivity index is 2.99. The number of nitrogens with one attached hydrogen (secondary N) is 1. The van der Waals surface area contributed by atoms with Gasteiger partial charge in [-0.3, -0.25) is 0 Å². The van der Waals surface area contributed by atoms with Crippen molar-refractivity contribution in [1.82, 2.24) is 5.32 Å². The van der Waals surface area contributed by atoms with E-state index in [0.717, 1.165) is 32.8 Å². The summed E-state index contributed by atoms with van der Waals surface area (Å²) < 4.78 is 10.9. The van der Waals surface area contributed by atoms with Gasteiger partial charge in [0.25, 0.3) is 0 Å². The molecule has 0 aliphatic heterocycles. The second-order valence-electron chi connectivity index (χ2n) is 4.41. The molecule has 15 heavy (non-hydrogen) atoms. The van der Waals surface area contributed by atoms with E-state index in [9.17, 15) is 0 Å². The minimum Gasteiger partial charge on any atom is -0.379 e. The van der Waals surface area contributed by atoms with Gasteiger partial charge in [-0.2, -0.15) is 0 Å². The van der Waals surface area contributed by atoms with Crippen LogP contribution in [0, 0.1) is 5.92 Å². The summed E-state index contributed by atoms with van der Waals surface area (Å²) in [5.41, 5.74) is 0. The number of hydrogen-bond acceptors (Lipinski definition) is 3. The van der Waals surface area contributed by atoms with Crippen LogP contribution in [0.15, 0.2) is 0 Å². The predicted molar refractivity (Wildman–Crippen MR) is 64.2 cm³/mol. The van der Waals surface area contributed by atoms with Crippen molar-refractivity contribution in [3.05, 3.63) is 0 Å². The summed E-state index contributed by atoms with van der Waals surface area (Å²) in [7, 11) is 1.99. The van der Waals surface area contributed by atoms with Crippen molar-refractivity contribution >= 4 is 0 Å². The van der Waals surface area contributed by atoms with Gasteiger partial charge in [-0.05, 0) is 32.7 Å². The van der Waals surface area contributed by atoms with E-state index < -0.39 is 0 Å². The molecular weight excluding hydrogens is 190 g/mol. The first-order valence-electron chi connectivity index (χ1n) is 5.99. The quantitative estimate of drug-likeness (QED) is 0.568. The van der Waals surface area contributed by atoms with Gasteiger partial charge >= 0.3 is 0 Å². The first kappa shape index (κ1) is 14.9. The Bertz CT molecular complexity index is 129. The largest absolute Gasteiger partial charge is 0.379 e. The van der Waals surface area contributed by atoms with Gasteiger partial charge in [-0.25, -0.2) is 0 Å². The first-order chi connectivity index (χ1) is 7.16. The minimum atomic E-state index is 0.589. The van der Waals surface area contributed by atoms with Gasteiger partial charge in [-0.15, -0.1) is 0 Å². The zero-order valence-corrected chi connectivity index (χ0v) is 10.7. The maximum atomic E-state index is 5.46. The molecule has 0 saturated carbocycles. The van der Waals surface area contributed by atoms with Gasteiger partial charge in [0.1, 0.15) is 0 Å². The topological polar surface area (TPSA) is 30.5 Å². The number of rotatable bonds is 10. The van der Waals surface area contributed by atoms with E-state index in [0.29, 0.717) is 12.0 Å². The Morgan fingerprint density at radius 1 is 1.00 bits per heavy atom. The van der Waals surface area contributed by atoms with E-state index in [4.69, 9.17) is 9.47 Å². The smallest absolute Gasteiger partial charge is 0.0700 e. The predicted octanol–water partition coefficient (Wildman–Crippen LogP) is 2.06. The van der Waals surface area contributed by atoms with Crippen LogP contribution in [0.1, 0.15) is 33.6 Å². The average molecular weight is 217 g/mol. The lowest BCUT2D eigenvalue weighted by Gasteiger charge is -2.10. The molecule has 0 aromatic carbocycles. The molecule has 1 N–H and O–H groups in total. The fourth-order valence-electron chi connectivity index (χ4n) is 1.17. The van der Waals surface area contributed by atoms with Crippen LogP contribution < -0.4 is 5.32 Å². The molecule has 0 aliphatic carbocycles. The Kier molecular flexibility index (Phi) is 10.3. The maximum Gasteiger partial charge on any atom is 0.0700 e. The summed E-state index contributed by atoms with van der Waals surface area (Å²) >= 11 is 0. The zero-order valence-electron chi connectivity index (χ0n) is 10.7. The van der Waals surface area contributed by atoms with Crippen molar-refractivity contribution in [2.24, 2.45) is 5.92 Å². The maximum absolute atomic E-state index is 5.46. The van der Waals surface area contributed by atoms with Crippen LogP contribution in [0.25, 0.3) is 0 Å². The molecule has 0 amide bonds. The lowest BCUT2D eigenvalue weighted by atomic mass is 10.2. The highest BCUT2D eigenvalue weighted by Gasteiger charge is 1.97. The minimum absolute atomic E-state index is 0.589. The van der Waals surface area contributed by atoms with Crippen LogP contribution in [-0.2, 0) is 9.47 Å². The molecule has 0 bridgehead atoms. The van der Waals surface area contributed by atoms with Crippen molar-refractivity contribution in [3.63, 3.8) is 0 Å².